The number of unbranched alkanes of at least 4 members (excludes halogenated alkanes) is 37. The Morgan fingerprint density at radius 3 is 0.835 bits per heavy atom. The molecule has 0 amide bonds. The number of esters is 3. The maximum atomic E-state index is 12.9. The molecular weight excluding hydrogens is 973 g/mol. The highest BCUT2D eigenvalue weighted by atomic mass is 16.6. The van der Waals surface area contributed by atoms with Gasteiger partial charge in [-0.25, -0.2) is 0 Å². The van der Waals surface area contributed by atoms with Crippen molar-refractivity contribution in [3.05, 3.63) is 85.1 Å². The third-order valence-electron chi connectivity index (χ3n) is 14.9. The molecule has 6 nitrogen and oxygen atoms in total. The van der Waals surface area contributed by atoms with Crippen LogP contribution in [0.5, 0.6) is 0 Å². The fourth-order valence-electron chi connectivity index (χ4n) is 9.76. The van der Waals surface area contributed by atoms with Crippen LogP contribution in [0.3, 0.4) is 0 Å². The molecule has 0 aromatic carbocycles. The largest absolute Gasteiger partial charge is 0.462 e. The lowest BCUT2D eigenvalue weighted by molar-refractivity contribution is -0.167. The first-order valence-corrected chi connectivity index (χ1v) is 34.1. The number of ether oxygens (including phenoxy) is 3. The molecule has 0 saturated heterocycles. The van der Waals surface area contributed by atoms with Gasteiger partial charge in [0.2, 0.25) is 0 Å². The van der Waals surface area contributed by atoms with Crippen LogP contribution in [0.1, 0.15) is 342 Å². The van der Waals surface area contributed by atoms with Crippen molar-refractivity contribution in [2.45, 2.75) is 348 Å². The topological polar surface area (TPSA) is 78.9 Å². The zero-order chi connectivity index (χ0) is 57.1. The van der Waals surface area contributed by atoms with Crippen molar-refractivity contribution in [3.8, 4) is 0 Å². The molecule has 6 heteroatoms. The van der Waals surface area contributed by atoms with Gasteiger partial charge in [-0.3, -0.25) is 14.4 Å². The van der Waals surface area contributed by atoms with Crippen molar-refractivity contribution < 1.29 is 28.6 Å². The van der Waals surface area contributed by atoms with E-state index in [9.17, 15) is 14.4 Å². The highest BCUT2D eigenvalue weighted by Crippen LogP contribution is 2.17. The fourth-order valence-corrected chi connectivity index (χ4v) is 9.76. The monoisotopic (exact) mass is 1100 g/mol. The summed E-state index contributed by atoms with van der Waals surface area (Å²) in [7, 11) is 0. The zero-order valence-electron chi connectivity index (χ0n) is 52.4. The number of hydrogen-bond acceptors (Lipinski definition) is 6. The van der Waals surface area contributed by atoms with Crippen LogP contribution in [0.25, 0.3) is 0 Å². The molecule has 0 rings (SSSR count). The molecule has 0 N–H and O–H groups in total. The Labute approximate surface area is 490 Å². The summed E-state index contributed by atoms with van der Waals surface area (Å²) in [6.07, 6.45) is 89.0. The van der Waals surface area contributed by atoms with Gasteiger partial charge in [-0.15, -0.1) is 0 Å². The van der Waals surface area contributed by atoms with Crippen LogP contribution in [0.2, 0.25) is 0 Å². The fraction of sp³-hybridized carbons (Fsp3) is 0.767. The lowest BCUT2D eigenvalue weighted by Gasteiger charge is -2.18. The van der Waals surface area contributed by atoms with Gasteiger partial charge in [0, 0.05) is 19.3 Å². The maximum absolute atomic E-state index is 12.9. The number of carbonyl (C=O) groups excluding carboxylic acids is 3. The van der Waals surface area contributed by atoms with Crippen molar-refractivity contribution in [1.29, 1.82) is 0 Å². The highest BCUT2D eigenvalue weighted by molar-refractivity contribution is 5.71. The van der Waals surface area contributed by atoms with E-state index in [4.69, 9.17) is 14.2 Å². The van der Waals surface area contributed by atoms with Gasteiger partial charge < -0.3 is 14.2 Å². The van der Waals surface area contributed by atoms with Gasteiger partial charge in [0.15, 0.2) is 6.10 Å². The first kappa shape index (κ1) is 75.6. The van der Waals surface area contributed by atoms with E-state index < -0.39 is 6.10 Å². The molecule has 0 radical (unpaired) electrons. The molecule has 0 aromatic heterocycles. The normalized spacial score (nSPS) is 12.6. The number of rotatable bonds is 62. The van der Waals surface area contributed by atoms with E-state index >= 15 is 0 Å². The van der Waals surface area contributed by atoms with E-state index in [1.807, 2.05) is 0 Å². The molecule has 0 bridgehead atoms. The van der Waals surface area contributed by atoms with Gasteiger partial charge in [0.05, 0.1) is 0 Å². The van der Waals surface area contributed by atoms with Gasteiger partial charge in [-0.1, -0.05) is 292 Å². The SMILES string of the molecule is CC/C=C\C/C=C\C/C=C\C/C=C\CCCCC(=O)OCC(COC(=O)CCCCCCCCCCCCCCCCC/C=C\CCCCCCCCCC)OC(=O)CCCCCCCCCCC/C=C\C/C=C\CCCCC. The Bertz CT molecular complexity index is 1500. The molecule has 0 aromatic rings. The second-order valence-electron chi connectivity index (χ2n) is 22.7. The minimum absolute atomic E-state index is 0.0895. The number of hydrogen-bond donors (Lipinski definition) is 0. The van der Waals surface area contributed by atoms with Crippen LogP contribution in [0.4, 0.5) is 0 Å². The molecule has 456 valence electrons. The molecule has 0 aliphatic heterocycles. The summed E-state index contributed by atoms with van der Waals surface area (Å²) in [5.41, 5.74) is 0. The van der Waals surface area contributed by atoms with Gasteiger partial charge >= 0.3 is 17.9 Å². The molecule has 0 aliphatic rings. The van der Waals surface area contributed by atoms with Gasteiger partial charge in [-0.05, 0) is 116 Å². The average molecular weight is 1100 g/mol. The Morgan fingerprint density at radius 2 is 0.494 bits per heavy atom. The minimum Gasteiger partial charge on any atom is -0.462 e. The van der Waals surface area contributed by atoms with Crippen molar-refractivity contribution >= 4 is 17.9 Å². The molecule has 0 saturated carbocycles. The van der Waals surface area contributed by atoms with Crippen molar-refractivity contribution in [2.75, 3.05) is 13.2 Å². The lowest BCUT2D eigenvalue weighted by Crippen LogP contribution is -2.30. The molecular formula is C73H128O6. The van der Waals surface area contributed by atoms with Crippen LogP contribution in [-0.2, 0) is 28.6 Å². The zero-order valence-corrected chi connectivity index (χ0v) is 52.4. The number of carbonyl (C=O) groups is 3. The predicted octanol–water partition coefficient (Wildman–Crippen LogP) is 23.4. The van der Waals surface area contributed by atoms with Gasteiger partial charge in [0.25, 0.3) is 0 Å². The Kier molecular flexibility index (Phi) is 64.2. The van der Waals surface area contributed by atoms with E-state index in [0.29, 0.717) is 19.3 Å². The molecule has 79 heavy (non-hydrogen) atoms. The molecule has 0 aliphatic carbocycles. The van der Waals surface area contributed by atoms with E-state index in [2.05, 4.69) is 106 Å². The first-order chi connectivity index (χ1) is 39.0. The highest BCUT2D eigenvalue weighted by Gasteiger charge is 2.19. The van der Waals surface area contributed by atoms with Gasteiger partial charge in [0.1, 0.15) is 13.2 Å². The van der Waals surface area contributed by atoms with E-state index in [1.165, 1.54) is 212 Å². The van der Waals surface area contributed by atoms with Crippen LogP contribution in [-0.4, -0.2) is 37.2 Å². The van der Waals surface area contributed by atoms with Gasteiger partial charge in [-0.2, -0.15) is 0 Å². The third kappa shape index (κ3) is 65.3. The summed E-state index contributed by atoms with van der Waals surface area (Å²) < 4.78 is 16.9. The summed E-state index contributed by atoms with van der Waals surface area (Å²) in [4.78, 5) is 38.4. The second kappa shape index (κ2) is 67.1. The van der Waals surface area contributed by atoms with Crippen molar-refractivity contribution in [3.63, 3.8) is 0 Å². The Balaban J connectivity index is 4.31. The smallest absolute Gasteiger partial charge is 0.306 e. The number of allylic oxidation sites excluding steroid dienone is 14. The van der Waals surface area contributed by atoms with Crippen LogP contribution in [0.15, 0.2) is 85.1 Å². The summed E-state index contributed by atoms with van der Waals surface area (Å²) in [5, 5.41) is 0. The van der Waals surface area contributed by atoms with Crippen molar-refractivity contribution in [2.24, 2.45) is 0 Å². The van der Waals surface area contributed by atoms with E-state index in [1.54, 1.807) is 0 Å². The Hall–Kier alpha value is -3.41. The van der Waals surface area contributed by atoms with Crippen LogP contribution in [0, 0.1) is 0 Å². The molecule has 0 fully saturated rings. The summed E-state index contributed by atoms with van der Waals surface area (Å²) >= 11 is 0. The van der Waals surface area contributed by atoms with E-state index in [-0.39, 0.29) is 31.1 Å². The predicted molar refractivity (Wildman–Crippen MR) is 344 cm³/mol. The van der Waals surface area contributed by atoms with Crippen LogP contribution >= 0.6 is 0 Å². The standard InChI is InChI=1S/C73H128O6/c1-4-7-10-13-16-19-22-25-28-30-32-33-34-35-36-37-38-39-41-42-45-48-51-54-57-60-63-66-72(75)78-69-70(68-77-71(74)65-62-59-56-53-50-47-44-27-24-21-18-15-12-9-6-3)79-73(76)67-64-61-58-55-52-49-46-43-40-31-29-26-23-20-17-14-11-8-5-2/h9,12,17-18,20-21,26-27,29-30,32,44,50,53,70H,4-8,10-11,13-16,19,22-25,28,31,33-43,45-49,51-52,54-69H2,1-3H3/b12-9-,20-17-,21-18-,29-26-,32-30-,44-27-,53-50-. The quantitative estimate of drug-likeness (QED) is 0.0261. The molecule has 1 atom stereocenters. The maximum Gasteiger partial charge on any atom is 0.306 e. The summed E-state index contributed by atoms with van der Waals surface area (Å²) in [6, 6.07) is 0. The van der Waals surface area contributed by atoms with E-state index in [0.717, 1.165) is 89.9 Å². The summed E-state index contributed by atoms with van der Waals surface area (Å²) in [5.74, 6) is -0.922. The average Bonchev–Trinajstić information content (AvgIpc) is 3.45. The lowest BCUT2D eigenvalue weighted by atomic mass is 10.0. The Morgan fingerprint density at radius 1 is 0.266 bits per heavy atom. The minimum atomic E-state index is -0.797. The summed E-state index contributed by atoms with van der Waals surface area (Å²) in [6.45, 7) is 6.50. The second-order valence-corrected chi connectivity index (χ2v) is 22.7. The molecule has 1 unspecified atom stereocenters. The molecule has 0 heterocycles. The first-order valence-electron chi connectivity index (χ1n) is 34.1. The third-order valence-corrected chi connectivity index (χ3v) is 14.9. The van der Waals surface area contributed by atoms with Crippen LogP contribution < -0.4 is 0 Å². The molecule has 0 spiro atoms. The van der Waals surface area contributed by atoms with Crippen molar-refractivity contribution in [1.82, 2.24) is 0 Å².